The average molecular weight is 235 g/mol. The molecule has 0 bridgehead atoms. The van der Waals surface area contributed by atoms with Crippen molar-refractivity contribution in [2.24, 2.45) is 0 Å². The molecule has 0 amide bonds. The Morgan fingerprint density at radius 2 is 1.71 bits per heavy atom. The van der Waals surface area contributed by atoms with Gasteiger partial charge in [-0.15, -0.1) is 0 Å². The van der Waals surface area contributed by atoms with Crippen molar-refractivity contribution in [3.63, 3.8) is 0 Å². The molecule has 1 N–H and O–H groups in total. The molecule has 0 aliphatic heterocycles. The maximum Gasteiger partial charge on any atom is 0.256 e. The highest BCUT2D eigenvalue weighted by Gasteiger charge is 2.16. The topological polar surface area (TPSA) is 60.6 Å². The third-order valence-electron chi connectivity index (χ3n) is 2.58. The van der Waals surface area contributed by atoms with E-state index in [1.165, 1.54) is 21.3 Å². The van der Waals surface area contributed by atoms with E-state index in [1.54, 1.807) is 18.3 Å². The minimum Gasteiger partial charge on any atom is -0.493 e. The van der Waals surface area contributed by atoms with Crippen LogP contribution in [0.1, 0.15) is 0 Å². The van der Waals surface area contributed by atoms with E-state index in [0.717, 1.165) is 0 Å². The number of pyridine rings is 1. The molecule has 2 aromatic rings. The van der Waals surface area contributed by atoms with Crippen molar-refractivity contribution < 1.29 is 14.2 Å². The van der Waals surface area contributed by atoms with Crippen LogP contribution in [0.25, 0.3) is 10.8 Å². The van der Waals surface area contributed by atoms with Crippen LogP contribution in [0, 0.1) is 0 Å². The fourth-order valence-electron chi connectivity index (χ4n) is 1.81. The Balaban J connectivity index is 2.94. The fraction of sp³-hybridized carbons (Fsp3) is 0.250. The van der Waals surface area contributed by atoms with Gasteiger partial charge in [-0.25, -0.2) is 0 Å². The van der Waals surface area contributed by atoms with Gasteiger partial charge in [-0.3, -0.25) is 4.79 Å². The van der Waals surface area contributed by atoms with Crippen molar-refractivity contribution in [3.8, 4) is 17.2 Å². The second-order valence-electron chi connectivity index (χ2n) is 3.41. The van der Waals surface area contributed by atoms with E-state index in [2.05, 4.69) is 4.98 Å². The van der Waals surface area contributed by atoms with Gasteiger partial charge in [-0.05, 0) is 12.1 Å². The fourth-order valence-corrected chi connectivity index (χ4v) is 1.81. The van der Waals surface area contributed by atoms with Crippen LogP contribution in [0.4, 0.5) is 0 Å². The van der Waals surface area contributed by atoms with Crippen LogP contribution >= 0.6 is 0 Å². The van der Waals surface area contributed by atoms with Gasteiger partial charge in [0.25, 0.3) is 5.56 Å². The summed E-state index contributed by atoms with van der Waals surface area (Å²) in [6.45, 7) is 0. The van der Waals surface area contributed by atoms with Crippen LogP contribution in [-0.2, 0) is 0 Å². The van der Waals surface area contributed by atoms with Crippen LogP contribution in [0.5, 0.6) is 17.2 Å². The number of aromatic amines is 1. The molecule has 0 saturated heterocycles. The van der Waals surface area contributed by atoms with Crippen molar-refractivity contribution in [1.29, 1.82) is 0 Å². The molecule has 1 heterocycles. The molecule has 0 saturated carbocycles. The zero-order valence-electron chi connectivity index (χ0n) is 9.87. The van der Waals surface area contributed by atoms with E-state index in [0.29, 0.717) is 28.0 Å². The molecule has 0 aliphatic carbocycles. The molecule has 5 nitrogen and oxygen atoms in total. The normalized spacial score (nSPS) is 10.3. The molecule has 0 aliphatic rings. The maximum atomic E-state index is 11.7. The predicted molar refractivity (Wildman–Crippen MR) is 64.2 cm³/mol. The van der Waals surface area contributed by atoms with Gasteiger partial charge >= 0.3 is 0 Å². The van der Waals surface area contributed by atoms with Crippen LogP contribution in [0.2, 0.25) is 0 Å². The Kier molecular flexibility index (Phi) is 2.91. The number of H-pyrrole nitrogens is 1. The molecule has 1 aromatic heterocycles. The lowest BCUT2D eigenvalue weighted by atomic mass is 10.1. The van der Waals surface area contributed by atoms with Crippen molar-refractivity contribution in [2.75, 3.05) is 21.3 Å². The Morgan fingerprint density at radius 1 is 1.00 bits per heavy atom. The first kappa shape index (κ1) is 11.3. The number of fused-ring (bicyclic) bond motifs is 1. The minimum atomic E-state index is -0.193. The molecule has 0 radical (unpaired) electrons. The molecule has 5 heteroatoms. The molecule has 0 unspecified atom stereocenters. The molecular weight excluding hydrogens is 222 g/mol. The van der Waals surface area contributed by atoms with E-state index in [1.807, 2.05) is 0 Å². The van der Waals surface area contributed by atoms with Crippen LogP contribution in [0.3, 0.4) is 0 Å². The molecule has 17 heavy (non-hydrogen) atoms. The summed E-state index contributed by atoms with van der Waals surface area (Å²) in [5.74, 6) is 1.44. The average Bonchev–Trinajstić information content (AvgIpc) is 2.36. The Bertz CT molecular complexity index is 603. The summed E-state index contributed by atoms with van der Waals surface area (Å²) in [5, 5.41) is 1.19. The lowest BCUT2D eigenvalue weighted by Gasteiger charge is -2.13. The highest BCUT2D eigenvalue weighted by Crippen LogP contribution is 2.41. The zero-order valence-corrected chi connectivity index (χ0v) is 9.87. The Hall–Kier alpha value is -2.17. The minimum absolute atomic E-state index is 0.193. The van der Waals surface area contributed by atoms with Crippen molar-refractivity contribution in [1.82, 2.24) is 4.98 Å². The van der Waals surface area contributed by atoms with Gasteiger partial charge < -0.3 is 19.2 Å². The number of aromatic nitrogens is 1. The Labute approximate surface area is 97.9 Å². The van der Waals surface area contributed by atoms with Gasteiger partial charge in [-0.1, -0.05) is 0 Å². The summed E-state index contributed by atoms with van der Waals surface area (Å²) >= 11 is 0. The Morgan fingerprint density at radius 3 is 2.29 bits per heavy atom. The third-order valence-corrected chi connectivity index (χ3v) is 2.58. The molecular formula is C12H13NO4. The predicted octanol–water partition coefficient (Wildman–Crippen LogP) is 1.55. The van der Waals surface area contributed by atoms with Crippen molar-refractivity contribution in [2.45, 2.75) is 0 Å². The highest BCUT2D eigenvalue weighted by atomic mass is 16.5. The smallest absolute Gasteiger partial charge is 0.256 e. The largest absolute Gasteiger partial charge is 0.493 e. The van der Waals surface area contributed by atoms with Gasteiger partial charge in [0, 0.05) is 11.6 Å². The number of hydrogen-bond donors (Lipinski definition) is 1. The van der Waals surface area contributed by atoms with E-state index in [4.69, 9.17) is 14.2 Å². The number of nitrogens with one attached hydrogen (secondary N) is 1. The summed E-state index contributed by atoms with van der Waals surface area (Å²) < 4.78 is 15.7. The molecule has 1 aromatic carbocycles. The van der Waals surface area contributed by atoms with Crippen molar-refractivity contribution in [3.05, 3.63) is 28.7 Å². The summed E-state index contributed by atoms with van der Waals surface area (Å²) in [5.41, 5.74) is -0.193. The van der Waals surface area contributed by atoms with Gasteiger partial charge in [0.15, 0.2) is 11.5 Å². The molecule has 2 rings (SSSR count). The first-order chi connectivity index (χ1) is 8.22. The lowest BCUT2D eigenvalue weighted by Crippen LogP contribution is -2.06. The van der Waals surface area contributed by atoms with Crippen LogP contribution in [-0.4, -0.2) is 26.3 Å². The highest BCUT2D eigenvalue weighted by molar-refractivity contribution is 5.92. The summed E-state index contributed by atoms with van der Waals surface area (Å²) in [4.78, 5) is 14.3. The molecule has 0 spiro atoms. The number of benzene rings is 1. The van der Waals surface area contributed by atoms with Crippen LogP contribution in [0.15, 0.2) is 23.1 Å². The second kappa shape index (κ2) is 4.37. The molecule has 0 fully saturated rings. The van der Waals surface area contributed by atoms with Crippen molar-refractivity contribution >= 4 is 10.8 Å². The number of rotatable bonds is 3. The maximum absolute atomic E-state index is 11.7. The standard InChI is InChI=1S/C12H13NO4/c1-15-9-6-8-7(4-5-13-12(8)14)10(16-2)11(9)17-3/h4-6H,1-3H3,(H,13,14). The lowest BCUT2D eigenvalue weighted by molar-refractivity contribution is 0.327. The van der Waals surface area contributed by atoms with E-state index in [9.17, 15) is 4.79 Å². The third kappa shape index (κ3) is 1.69. The van der Waals surface area contributed by atoms with Gasteiger partial charge in [0.2, 0.25) is 5.75 Å². The van der Waals surface area contributed by atoms with E-state index >= 15 is 0 Å². The number of methoxy groups -OCH3 is 3. The first-order valence-corrected chi connectivity index (χ1v) is 5.03. The molecule has 0 atom stereocenters. The zero-order chi connectivity index (χ0) is 12.4. The second-order valence-corrected chi connectivity index (χ2v) is 3.41. The summed E-state index contributed by atoms with van der Waals surface area (Å²) in [7, 11) is 4.57. The quantitative estimate of drug-likeness (QED) is 0.876. The molecule has 90 valence electrons. The van der Waals surface area contributed by atoms with E-state index in [-0.39, 0.29) is 5.56 Å². The van der Waals surface area contributed by atoms with Crippen LogP contribution < -0.4 is 19.8 Å². The van der Waals surface area contributed by atoms with E-state index < -0.39 is 0 Å². The number of hydrogen-bond acceptors (Lipinski definition) is 4. The summed E-state index contributed by atoms with van der Waals surface area (Å²) in [6, 6.07) is 3.40. The summed E-state index contributed by atoms with van der Waals surface area (Å²) in [6.07, 6.45) is 1.57. The van der Waals surface area contributed by atoms with Gasteiger partial charge in [0.1, 0.15) is 0 Å². The first-order valence-electron chi connectivity index (χ1n) is 5.03. The SMILES string of the molecule is COc1cc2c(=O)[nH]ccc2c(OC)c1OC. The van der Waals surface area contributed by atoms with Gasteiger partial charge in [-0.2, -0.15) is 0 Å². The monoisotopic (exact) mass is 235 g/mol. The van der Waals surface area contributed by atoms with Gasteiger partial charge in [0.05, 0.1) is 26.7 Å². The number of ether oxygens (including phenoxy) is 3.